The van der Waals surface area contributed by atoms with Crippen molar-refractivity contribution in [3.63, 3.8) is 0 Å². The Balaban J connectivity index is 1.91. The summed E-state index contributed by atoms with van der Waals surface area (Å²) in [6.07, 6.45) is 0. The summed E-state index contributed by atoms with van der Waals surface area (Å²) in [7, 11) is 1.38. The van der Waals surface area contributed by atoms with Crippen molar-refractivity contribution in [2.75, 3.05) is 20.2 Å². The Morgan fingerprint density at radius 1 is 1.35 bits per heavy atom. The van der Waals surface area contributed by atoms with Crippen molar-refractivity contribution in [3.05, 3.63) is 35.4 Å². The van der Waals surface area contributed by atoms with Crippen molar-refractivity contribution >= 4 is 5.97 Å². The highest BCUT2D eigenvalue weighted by Gasteiger charge is 2.32. The lowest BCUT2D eigenvalue weighted by Gasteiger charge is -2.39. The minimum atomic E-state index is -0.312. The molecule has 4 nitrogen and oxygen atoms in total. The second-order valence-corrected chi connectivity index (χ2v) is 4.53. The standard InChI is InChI=1S/C13H17NO3/c1-13(8-14-9-13)17-7-10-3-5-11(6-4-10)12(15)16-2/h3-6,14H,7-9H2,1-2H3. The lowest BCUT2D eigenvalue weighted by molar-refractivity contribution is -0.0767. The van der Waals surface area contributed by atoms with E-state index in [0.29, 0.717) is 12.2 Å². The number of carbonyl (C=O) groups excluding carboxylic acids is 1. The van der Waals surface area contributed by atoms with Gasteiger partial charge in [0.25, 0.3) is 0 Å². The van der Waals surface area contributed by atoms with E-state index in [0.717, 1.165) is 18.7 Å². The molecule has 1 fully saturated rings. The van der Waals surface area contributed by atoms with Crippen LogP contribution in [0.15, 0.2) is 24.3 Å². The fourth-order valence-corrected chi connectivity index (χ4v) is 1.69. The first-order valence-corrected chi connectivity index (χ1v) is 5.65. The minimum absolute atomic E-state index is 0.0407. The van der Waals surface area contributed by atoms with Gasteiger partial charge in [0.2, 0.25) is 0 Å². The van der Waals surface area contributed by atoms with Crippen LogP contribution in [-0.2, 0) is 16.1 Å². The zero-order valence-corrected chi connectivity index (χ0v) is 10.2. The molecule has 0 aliphatic carbocycles. The van der Waals surface area contributed by atoms with Crippen LogP contribution in [-0.4, -0.2) is 31.8 Å². The van der Waals surface area contributed by atoms with Gasteiger partial charge in [-0.15, -0.1) is 0 Å². The van der Waals surface area contributed by atoms with Crippen molar-refractivity contribution in [2.45, 2.75) is 19.1 Å². The van der Waals surface area contributed by atoms with Gasteiger partial charge >= 0.3 is 5.97 Å². The molecule has 0 amide bonds. The maximum atomic E-state index is 11.2. The molecule has 2 rings (SSSR count). The first kappa shape index (κ1) is 12.1. The lowest BCUT2D eigenvalue weighted by Crippen LogP contribution is -2.58. The number of rotatable bonds is 4. The number of nitrogens with one attached hydrogen (secondary N) is 1. The molecule has 4 heteroatoms. The molecular weight excluding hydrogens is 218 g/mol. The average Bonchev–Trinajstić information content (AvgIpc) is 2.33. The van der Waals surface area contributed by atoms with E-state index in [-0.39, 0.29) is 11.6 Å². The fourth-order valence-electron chi connectivity index (χ4n) is 1.69. The molecule has 0 spiro atoms. The number of benzene rings is 1. The van der Waals surface area contributed by atoms with Gasteiger partial charge in [0.05, 0.1) is 24.9 Å². The molecule has 0 atom stereocenters. The molecule has 0 unspecified atom stereocenters. The molecule has 1 aliphatic heterocycles. The topological polar surface area (TPSA) is 47.6 Å². The fraction of sp³-hybridized carbons (Fsp3) is 0.462. The molecule has 1 N–H and O–H groups in total. The van der Waals surface area contributed by atoms with Crippen molar-refractivity contribution < 1.29 is 14.3 Å². The van der Waals surface area contributed by atoms with Gasteiger partial charge in [-0.1, -0.05) is 12.1 Å². The Morgan fingerprint density at radius 2 is 2.00 bits per heavy atom. The highest BCUT2D eigenvalue weighted by atomic mass is 16.5. The van der Waals surface area contributed by atoms with Crippen LogP contribution in [0, 0.1) is 0 Å². The van der Waals surface area contributed by atoms with Crippen LogP contribution in [0.25, 0.3) is 0 Å². The number of methoxy groups -OCH3 is 1. The molecule has 0 bridgehead atoms. The summed E-state index contributed by atoms with van der Waals surface area (Å²) < 4.78 is 10.4. The molecule has 1 aromatic carbocycles. The van der Waals surface area contributed by atoms with Gasteiger partial charge in [-0.2, -0.15) is 0 Å². The predicted molar refractivity (Wildman–Crippen MR) is 63.8 cm³/mol. The maximum Gasteiger partial charge on any atom is 0.337 e. The number of ether oxygens (including phenoxy) is 2. The van der Waals surface area contributed by atoms with Crippen LogP contribution in [0.2, 0.25) is 0 Å². The van der Waals surface area contributed by atoms with Crippen LogP contribution in [0.5, 0.6) is 0 Å². The molecule has 0 saturated carbocycles. The second kappa shape index (κ2) is 4.85. The summed E-state index contributed by atoms with van der Waals surface area (Å²) in [6.45, 7) is 4.45. The summed E-state index contributed by atoms with van der Waals surface area (Å²) >= 11 is 0. The Morgan fingerprint density at radius 3 is 2.47 bits per heavy atom. The molecule has 0 aromatic heterocycles. The Hall–Kier alpha value is -1.39. The average molecular weight is 235 g/mol. The Labute approximate surface area is 101 Å². The molecule has 1 aromatic rings. The highest BCUT2D eigenvalue weighted by Crippen LogP contribution is 2.18. The van der Waals surface area contributed by atoms with E-state index in [2.05, 4.69) is 17.0 Å². The van der Waals surface area contributed by atoms with Crippen molar-refractivity contribution in [2.24, 2.45) is 0 Å². The van der Waals surface area contributed by atoms with Crippen LogP contribution < -0.4 is 5.32 Å². The Kier molecular flexibility index (Phi) is 3.45. The van der Waals surface area contributed by atoms with Crippen LogP contribution >= 0.6 is 0 Å². The first-order valence-electron chi connectivity index (χ1n) is 5.65. The third-order valence-electron chi connectivity index (χ3n) is 2.96. The normalized spacial score (nSPS) is 17.3. The molecule has 0 radical (unpaired) electrons. The highest BCUT2D eigenvalue weighted by molar-refractivity contribution is 5.89. The van der Waals surface area contributed by atoms with Crippen molar-refractivity contribution in [1.82, 2.24) is 5.32 Å². The zero-order chi connectivity index (χ0) is 12.3. The minimum Gasteiger partial charge on any atom is -0.465 e. The number of carbonyl (C=O) groups is 1. The molecule has 1 aliphatic rings. The smallest absolute Gasteiger partial charge is 0.337 e. The third kappa shape index (κ3) is 2.84. The molecule has 1 saturated heterocycles. The summed E-state index contributed by atoms with van der Waals surface area (Å²) in [6, 6.07) is 7.29. The van der Waals surface area contributed by atoms with Gasteiger partial charge in [0, 0.05) is 13.1 Å². The Bertz CT molecular complexity index is 396. The second-order valence-electron chi connectivity index (χ2n) is 4.53. The quantitative estimate of drug-likeness (QED) is 0.800. The summed E-state index contributed by atoms with van der Waals surface area (Å²) in [5.74, 6) is -0.312. The van der Waals surface area contributed by atoms with Crippen LogP contribution in [0.3, 0.4) is 0 Å². The summed E-state index contributed by atoms with van der Waals surface area (Å²) in [4.78, 5) is 11.2. The van der Waals surface area contributed by atoms with E-state index in [1.165, 1.54) is 7.11 Å². The van der Waals surface area contributed by atoms with E-state index in [4.69, 9.17) is 4.74 Å². The van der Waals surface area contributed by atoms with Gasteiger partial charge in [0.1, 0.15) is 0 Å². The van der Waals surface area contributed by atoms with E-state index in [1.807, 2.05) is 12.1 Å². The SMILES string of the molecule is COC(=O)c1ccc(COC2(C)CNC2)cc1. The molecule has 92 valence electrons. The summed E-state index contributed by atoms with van der Waals surface area (Å²) in [5, 5.41) is 3.18. The van der Waals surface area contributed by atoms with E-state index in [1.54, 1.807) is 12.1 Å². The maximum absolute atomic E-state index is 11.2. The molecule has 1 heterocycles. The van der Waals surface area contributed by atoms with Gasteiger partial charge in [0.15, 0.2) is 0 Å². The first-order chi connectivity index (χ1) is 8.13. The van der Waals surface area contributed by atoms with Gasteiger partial charge in [-0.3, -0.25) is 0 Å². The summed E-state index contributed by atoms with van der Waals surface area (Å²) in [5.41, 5.74) is 1.58. The van der Waals surface area contributed by atoms with Crippen LogP contribution in [0.1, 0.15) is 22.8 Å². The van der Waals surface area contributed by atoms with Gasteiger partial charge in [-0.25, -0.2) is 4.79 Å². The van der Waals surface area contributed by atoms with Crippen molar-refractivity contribution in [3.8, 4) is 0 Å². The van der Waals surface area contributed by atoms with Crippen molar-refractivity contribution in [1.29, 1.82) is 0 Å². The van der Waals surface area contributed by atoms with Crippen LogP contribution in [0.4, 0.5) is 0 Å². The number of esters is 1. The molecular formula is C13H17NO3. The van der Waals surface area contributed by atoms with Gasteiger partial charge in [-0.05, 0) is 24.6 Å². The van der Waals surface area contributed by atoms with E-state index >= 15 is 0 Å². The van der Waals surface area contributed by atoms with E-state index in [9.17, 15) is 4.79 Å². The monoisotopic (exact) mass is 235 g/mol. The third-order valence-corrected chi connectivity index (χ3v) is 2.96. The number of hydrogen-bond donors (Lipinski definition) is 1. The van der Waals surface area contributed by atoms with Gasteiger partial charge < -0.3 is 14.8 Å². The largest absolute Gasteiger partial charge is 0.465 e. The van der Waals surface area contributed by atoms with E-state index < -0.39 is 0 Å². The zero-order valence-electron chi connectivity index (χ0n) is 10.2. The molecule has 17 heavy (non-hydrogen) atoms. The lowest BCUT2D eigenvalue weighted by atomic mass is 10.00. The number of hydrogen-bond acceptors (Lipinski definition) is 4. The predicted octanol–water partition coefficient (Wildman–Crippen LogP) is 1.35.